The maximum Gasteiger partial charge on any atom is 0.305 e. The van der Waals surface area contributed by atoms with Crippen LogP contribution in [0, 0.1) is 0 Å². The van der Waals surface area contributed by atoms with Crippen LogP contribution >= 0.6 is 0 Å². The molecule has 0 spiro atoms. The Morgan fingerprint density at radius 3 is 2.58 bits per heavy atom. The van der Waals surface area contributed by atoms with Crippen molar-refractivity contribution in [3.63, 3.8) is 0 Å². The highest BCUT2D eigenvalue weighted by Crippen LogP contribution is 2.16. The van der Waals surface area contributed by atoms with Crippen molar-refractivity contribution < 1.29 is 19.7 Å². The van der Waals surface area contributed by atoms with E-state index in [0.29, 0.717) is 12.8 Å². The van der Waals surface area contributed by atoms with Crippen molar-refractivity contribution in [3.05, 3.63) is 41.5 Å². The molecular formula is C22H34O4. The van der Waals surface area contributed by atoms with Crippen LogP contribution in [0.25, 0.3) is 6.08 Å². The van der Waals surface area contributed by atoms with E-state index in [1.165, 1.54) is 44.8 Å². The van der Waals surface area contributed by atoms with Crippen LogP contribution in [0.15, 0.2) is 30.3 Å². The van der Waals surface area contributed by atoms with Crippen molar-refractivity contribution in [3.8, 4) is 0 Å². The van der Waals surface area contributed by atoms with Gasteiger partial charge in [-0.1, -0.05) is 69.0 Å². The fraction of sp³-hybridized carbons (Fsp3) is 0.591. The lowest BCUT2D eigenvalue weighted by Crippen LogP contribution is -2.23. The number of rotatable bonds is 13. The number of carbonyl (C=O) groups excluding carboxylic acids is 1. The Morgan fingerprint density at radius 2 is 1.85 bits per heavy atom. The van der Waals surface area contributed by atoms with E-state index in [1.54, 1.807) is 6.08 Å². The monoisotopic (exact) mass is 362 g/mol. The second kappa shape index (κ2) is 13.5. The third-order valence-electron chi connectivity index (χ3n) is 4.58. The summed E-state index contributed by atoms with van der Waals surface area (Å²) in [5.74, 6) is -0.296. The highest BCUT2D eigenvalue weighted by atomic mass is 16.5. The first kappa shape index (κ1) is 22.4. The molecule has 2 atom stereocenters. The number of ether oxygens (including phenoxy) is 1. The fourth-order valence-corrected chi connectivity index (χ4v) is 2.90. The van der Waals surface area contributed by atoms with Gasteiger partial charge in [0.2, 0.25) is 0 Å². The van der Waals surface area contributed by atoms with Crippen LogP contribution in [0.1, 0.15) is 69.4 Å². The minimum atomic E-state index is -0.940. The smallest absolute Gasteiger partial charge is 0.305 e. The lowest BCUT2D eigenvalue weighted by Gasteiger charge is -2.14. The molecule has 4 heteroatoms. The molecule has 0 bridgehead atoms. The molecular weight excluding hydrogens is 328 g/mol. The third-order valence-corrected chi connectivity index (χ3v) is 4.58. The van der Waals surface area contributed by atoms with E-state index < -0.39 is 12.2 Å². The highest BCUT2D eigenvalue weighted by molar-refractivity contribution is 5.69. The molecule has 0 saturated heterocycles. The van der Waals surface area contributed by atoms with Crippen molar-refractivity contribution >= 4 is 12.0 Å². The van der Waals surface area contributed by atoms with E-state index >= 15 is 0 Å². The van der Waals surface area contributed by atoms with Gasteiger partial charge in [-0.05, 0) is 36.8 Å². The van der Waals surface area contributed by atoms with Crippen molar-refractivity contribution in [2.45, 2.75) is 76.9 Å². The first-order valence-electron chi connectivity index (χ1n) is 9.77. The van der Waals surface area contributed by atoms with E-state index in [1.807, 2.05) is 24.3 Å². The van der Waals surface area contributed by atoms with Gasteiger partial charge in [-0.15, -0.1) is 0 Å². The van der Waals surface area contributed by atoms with Gasteiger partial charge in [0.1, 0.15) is 0 Å². The molecule has 1 aromatic carbocycles. The summed E-state index contributed by atoms with van der Waals surface area (Å²) in [4.78, 5) is 11.1. The Balaban J connectivity index is 2.49. The SMILES string of the molecule is CCCCCCCc1ccccc1/C=C/[C@@H](O)[C@@H](O)CCCC(=O)OC. The molecule has 0 saturated carbocycles. The molecule has 1 aromatic rings. The number of aryl methyl sites for hydroxylation is 1. The maximum absolute atomic E-state index is 11.1. The number of methoxy groups -OCH3 is 1. The Kier molecular flexibility index (Phi) is 11.7. The summed E-state index contributed by atoms with van der Waals surface area (Å²) in [5, 5.41) is 20.1. The zero-order chi connectivity index (χ0) is 19.2. The Morgan fingerprint density at radius 1 is 1.12 bits per heavy atom. The van der Waals surface area contributed by atoms with Crippen LogP contribution in [0.3, 0.4) is 0 Å². The van der Waals surface area contributed by atoms with E-state index in [2.05, 4.69) is 17.7 Å². The van der Waals surface area contributed by atoms with Crippen LogP contribution in [0.5, 0.6) is 0 Å². The molecule has 0 fully saturated rings. The zero-order valence-corrected chi connectivity index (χ0v) is 16.2. The van der Waals surface area contributed by atoms with E-state index in [4.69, 9.17) is 0 Å². The van der Waals surface area contributed by atoms with Gasteiger partial charge in [0.25, 0.3) is 0 Å². The molecule has 0 radical (unpaired) electrons. The quantitative estimate of drug-likeness (QED) is 0.406. The van der Waals surface area contributed by atoms with Gasteiger partial charge in [-0.3, -0.25) is 4.79 Å². The third kappa shape index (κ3) is 9.16. The maximum atomic E-state index is 11.1. The second-order valence-electron chi connectivity index (χ2n) is 6.75. The Bertz CT molecular complexity index is 539. The number of hydrogen-bond acceptors (Lipinski definition) is 4. The predicted octanol–water partition coefficient (Wildman–Crippen LogP) is 4.28. The van der Waals surface area contributed by atoms with Gasteiger partial charge >= 0.3 is 5.97 Å². The van der Waals surface area contributed by atoms with Crippen LogP contribution in [0.4, 0.5) is 0 Å². The first-order valence-corrected chi connectivity index (χ1v) is 9.77. The number of unbranched alkanes of at least 4 members (excludes halogenated alkanes) is 4. The van der Waals surface area contributed by atoms with E-state index in [0.717, 1.165) is 12.0 Å². The molecule has 0 amide bonds. The summed E-state index contributed by atoms with van der Waals surface area (Å²) < 4.78 is 4.57. The molecule has 0 aliphatic heterocycles. The zero-order valence-electron chi connectivity index (χ0n) is 16.2. The summed E-state index contributed by atoms with van der Waals surface area (Å²) >= 11 is 0. The number of aliphatic hydroxyl groups is 2. The molecule has 4 nitrogen and oxygen atoms in total. The van der Waals surface area contributed by atoms with Gasteiger partial charge in [-0.2, -0.15) is 0 Å². The second-order valence-corrected chi connectivity index (χ2v) is 6.75. The highest BCUT2D eigenvalue weighted by Gasteiger charge is 2.14. The molecule has 1 rings (SSSR count). The molecule has 0 aliphatic carbocycles. The topological polar surface area (TPSA) is 66.8 Å². The average Bonchev–Trinajstić information content (AvgIpc) is 2.66. The minimum absolute atomic E-state index is 0.255. The first-order chi connectivity index (χ1) is 12.6. The summed E-state index contributed by atoms with van der Waals surface area (Å²) in [6.45, 7) is 2.22. The normalized spacial score (nSPS) is 13.7. The lowest BCUT2D eigenvalue weighted by atomic mass is 9.99. The summed E-state index contributed by atoms with van der Waals surface area (Å²) in [7, 11) is 1.34. The lowest BCUT2D eigenvalue weighted by molar-refractivity contribution is -0.140. The fourth-order valence-electron chi connectivity index (χ4n) is 2.90. The van der Waals surface area contributed by atoms with Crippen LogP contribution in [-0.4, -0.2) is 35.5 Å². The number of esters is 1. The number of hydrogen-bond donors (Lipinski definition) is 2. The Hall–Kier alpha value is -1.65. The van der Waals surface area contributed by atoms with Gasteiger partial charge in [0.15, 0.2) is 0 Å². The van der Waals surface area contributed by atoms with Crippen molar-refractivity contribution in [1.82, 2.24) is 0 Å². The van der Waals surface area contributed by atoms with Crippen LogP contribution < -0.4 is 0 Å². The van der Waals surface area contributed by atoms with Gasteiger partial charge in [-0.25, -0.2) is 0 Å². The molecule has 0 unspecified atom stereocenters. The average molecular weight is 363 g/mol. The summed E-state index contributed by atoms with van der Waals surface area (Å²) in [6.07, 6.45) is 10.1. The van der Waals surface area contributed by atoms with Gasteiger partial charge < -0.3 is 14.9 Å². The van der Waals surface area contributed by atoms with Gasteiger partial charge in [0.05, 0.1) is 19.3 Å². The minimum Gasteiger partial charge on any atom is -0.469 e. The molecule has 0 aromatic heterocycles. The number of aliphatic hydroxyl groups excluding tert-OH is 2. The van der Waals surface area contributed by atoms with Gasteiger partial charge in [0, 0.05) is 6.42 Å². The summed E-state index contributed by atoms with van der Waals surface area (Å²) in [5.41, 5.74) is 2.36. The van der Waals surface area contributed by atoms with Crippen LogP contribution in [-0.2, 0) is 16.0 Å². The number of carbonyl (C=O) groups is 1. The molecule has 26 heavy (non-hydrogen) atoms. The largest absolute Gasteiger partial charge is 0.469 e. The van der Waals surface area contributed by atoms with Crippen molar-refractivity contribution in [1.29, 1.82) is 0 Å². The van der Waals surface area contributed by atoms with E-state index in [9.17, 15) is 15.0 Å². The molecule has 2 N–H and O–H groups in total. The molecule has 0 aliphatic rings. The summed E-state index contributed by atoms with van der Waals surface area (Å²) in [6, 6.07) is 8.18. The predicted molar refractivity (Wildman–Crippen MR) is 106 cm³/mol. The van der Waals surface area contributed by atoms with E-state index in [-0.39, 0.29) is 12.4 Å². The Labute approximate surface area is 157 Å². The van der Waals surface area contributed by atoms with Crippen LogP contribution in [0.2, 0.25) is 0 Å². The van der Waals surface area contributed by atoms with Crippen molar-refractivity contribution in [2.75, 3.05) is 7.11 Å². The molecule has 146 valence electrons. The standard InChI is InChI=1S/C22H34O4/c1-3-4-5-6-7-11-18-12-8-9-13-19(18)16-17-21(24)20(23)14-10-15-22(25)26-2/h8-9,12-13,16-17,20-21,23-24H,3-7,10-11,14-15H2,1-2H3/b17-16+/t20-,21+/m0/s1. The molecule has 0 heterocycles. The number of benzene rings is 1. The van der Waals surface area contributed by atoms with Crippen molar-refractivity contribution in [2.24, 2.45) is 0 Å².